The maximum atomic E-state index is 6.56. The molecule has 188 valence electrons. The maximum absolute atomic E-state index is 6.56. The highest BCUT2D eigenvalue weighted by atomic mass is 35.5. The number of hydrogen-bond donors (Lipinski definition) is 2. The molecule has 0 saturated carbocycles. The van der Waals surface area contributed by atoms with Gasteiger partial charge in [-0.1, -0.05) is 29.8 Å². The molecule has 7 rings (SSSR count). The van der Waals surface area contributed by atoms with Gasteiger partial charge >= 0.3 is 0 Å². The first-order chi connectivity index (χ1) is 17.7. The van der Waals surface area contributed by atoms with Crippen LogP contribution in [0.4, 0.5) is 5.82 Å². The number of nitrogens with one attached hydrogen (secondary N) is 2. The van der Waals surface area contributed by atoms with Crippen LogP contribution >= 0.6 is 11.6 Å². The predicted octanol–water partition coefficient (Wildman–Crippen LogP) is 3.69. The number of H-pyrrole nitrogens is 1. The summed E-state index contributed by atoms with van der Waals surface area (Å²) in [4.78, 5) is 12.3. The minimum atomic E-state index is -0.191. The van der Waals surface area contributed by atoms with Crippen molar-refractivity contribution in [3.05, 3.63) is 41.0 Å². The first kappa shape index (κ1) is 22.3. The number of nitrogens with zero attached hydrogens (tertiary/aromatic N) is 4. The molecule has 0 aliphatic carbocycles. The molecule has 0 bridgehead atoms. The van der Waals surface area contributed by atoms with Crippen molar-refractivity contribution in [3.63, 3.8) is 0 Å². The van der Waals surface area contributed by atoms with Gasteiger partial charge in [0.05, 0.1) is 53.7 Å². The van der Waals surface area contributed by atoms with Crippen LogP contribution in [-0.4, -0.2) is 69.0 Å². The van der Waals surface area contributed by atoms with E-state index in [9.17, 15) is 0 Å². The number of aromatic nitrogens is 5. The average molecular weight is 511 g/mol. The van der Waals surface area contributed by atoms with E-state index in [1.54, 1.807) is 6.07 Å². The fourth-order valence-corrected chi connectivity index (χ4v) is 5.58. The third kappa shape index (κ3) is 4.07. The number of ether oxygens (including phenoxy) is 4. The van der Waals surface area contributed by atoms with Crippen molar-refractivity contribution >= 4 is 39.5 Å². The summed E-state index contributed by atoms with van der Waals surface area (Å²) >= 11 is 6.56. The summed E-state index contributed by atoms with van der Waals surface area (Å²) in [5.41, 5.74) is 3.25. The molecule has 3 fully saturated rings. The largest absolute Gasteiger partial charge is 0.456 e. The summed E-state index contributed by atoms with van der Waals surface area (Å²) in [6, 6.07) is 10.4. The lowest BCUT2D eigenvalue weighted by molar-refractivity contribution is 0.0273. The van der Waals surface area contributed by atoms with E-state index in [0.29, 0.717) is 47.8 Å². The lowest BCUT2D eigenvalue weighted by Crippen LogP contribution is -2.32. The minimum Gasteiger partial charge on any atom is -0.456 e. The summed E-state index contributed by atoms with van der Waals surface area (Å²) in [5, 5.41) is 9.82. The van der Waals surface area contributed by atoms with E-state index in [4.69, 9.17) is 35.6 Å². The lowest BCUT2D eigenvalue weighted by Gasteiger charge is -2.15. The molecule has 3 aromatic heterocycles. The molecule has 11 heteroatoms. The van der Waals surface area contributed by atoms with Crippen molar-refractivity contribution in [3.8, 4) is 6.01 Å². The van der Waals surface area contributed by atoms with Crippen LogP contribution in [0.15, 0.2) is 30.3 Å². The smallest absolute Gasteiger partial charge is 0.296 e. The van der Waals surface area contributed by atoms with E-state index < -0.39 is 0 Å². The Morgan fingerprint density at radius 1 is 1.14 bits per heavy atom. The molecule has 0 spiro atoms. The van der Waals surface area contributed by atoms with Crippen molar-refractivity contribution < 1.29 is 18.9 Å². The second kappa shape index (κ2) is 9.19. The second-order valence-electron chi connectivity index (χ2n) is 9.52. The molecule has 36 heavy (non-hydrogen) atoms. The summed E-state index contributed by atoms with van der Waals surface area (Å²) < 4.78 is 25.4. The number of benzene rings is 1. The number of pyridine rings is 1. The molecule has 3 aliphatic heterocycles. The normalized spacial score (nSPS) is 25.7. The molecule has 2 unspecified atom stereocenters. The van der Waals surface area contributed by atoms with Crippen molar-refractivity contribution in [2.75, 3.05) is 25.1 Å². The van der Waals surface area contributed by atoms with Gasteiger partial charge in [0.15, 0.2) is 11.8 Å². The zero-order chi connectivity index (χ0) is 24.1. The molecule has 1 aromatic carbocycles. The number of halogens is 1. The Balaban J connectivity index is 1.09. The van der Waals surface area contributed by atoms with E-state index >= 15 is 0 Å². The van der Waals surface area contributed by atoms with Crippen LogP contribution in [0, 0.1) is 0 Å². The average Bonchev–Trinajstić information content (AvgIpc) is 3.70. The molecular weight excluding hydrogens is 484 g/mol. The van der Waals surface area contributed by atoms with Crippen LogP contribution in [0.25, 0.3) is 22.1 Å². The highest BCUT2D eigenvalue weighted by molar-refractivity contribution is 6.33. The van der Waals surface area contributed by atoms with Crippen molar-refractivity contribution in [2.45, 2.75) is 56.8 Å². The number of rotatable bonds is 7. The number of aromatic amines is 1. The monoisotopic (exact) mass is 510 g/mol. The fraction of sp³-hybridized carbons (Fsp3) is 0.480. The Morgan fingerprint density at radius 2 is 2.08 bits per heavy atom. The third-order valence-corrected chi connectivity index (χ3v) is 7.43. The lowest BCUT2D eigenvalue weighted by atomic mass is 10.1. The van der Waals surface area contributed by atoms with Crippen molar-refractivity contribution in [1.29, 1.82) is 0 Å². The molecule has 3 aliphatic rings. The van der Waals surface area contributed by atoms with Gasteiger partial charge in [-0.15, -0.1) is 0 Å². The van der Waals surface area contributed by atoms with Gasteiger partial charge < -0.3 is 29.2 Å². The molecule has 6 heterocycles. The second-order valence-corrected chi connectivity index (χ2v) is 9.93. The molecule has 3 saturated heterocycles. The number of imidazole rings is 1. The topological polar surface area (TPSA) is 108 Å². The summed E-state index contributed by atoms with van der Waals surface area (Å²) in [6.45, 7) is 3.24. The number of anilines is 1. The molecular formula is C25H27ClN6O4. The number of fused-ring (bicyclic) bond motifs is 3. The Bertz CT molecular complexity index is 1400. The first-order valence-electron chi connectivity index (χ1n) is 12.5. The SMILES string of the molecule is Clc1cc2[nH]c(O[C@@H]3COC4CCO[C@@H]43)nc2nc1NCc1nn(CC2CCCO2)c2ccccc12. The van der Waals surface area contributed by atoms with E-state index in [-0.39, 0.29) is 24.4 Å². The Hall–Kier alpha value is -2.92. The molecule has 4 atom stereocenters. The number of para-hydroxylation sites is 1. The van der Waals surface area contributed by atoms with Crippen molar-refractivity contribution in [2.24, 2.45) is 0 Å². The van der Waals surface area contributed by atoms with Crippen molar-refractivity contribution in [1.82, 2.24) is 24.7 Å². The van der Waals surface area contributed by atoms with Gasteiger partial charge in [0.25, 0.3) is 6.01 Å². The Morgan fingerprint density at radius 3 is 3.00 bits per heavy atom. The quantitative estimate of drug-likeness (QED) is 0.387. The highest BCUT2D eigenvalue weighted by Crippen LogP contribution is 2.31. The zero-order valence-electron chi connectivity index (χ0n) is 19.7. The fourth-order valence-electron chi connectivity index (χ4n) is 5.36. The van der Waals surface area contributed by atoms with E-state index in [1.807, 2.05) is 16.8 Å². The Kier molecular flexibility index (Phi) is 5.69. The first-order valence-corrected chi connectivity index (χ1v) is 12.8. The van der Waals surface area contributed by atoms with E-state index in [1.165, 1.54) is 0 Å². The van der Waals surface area contributed by atoms with Gasteiger partial charge in [0, 0.05) is 18.6 Å². The van der Waals surface area contributed by atoms with E-state index in [0.717, 1.165) is 49.0 Å². The third-order valence-electron chi connectivity index (χ3n) is 7.15. The van der Waals surface area contributed by atoms with Crippen LogP contribution in [0.5, 0.6) is 6.01 Å². The molecule has 0 radical (unpaired) electrons. The summed E-state index contributed by atoms with van der Waals surface area (Å²) in [6.07, 6.45) is 3.15. The standard InChI is InChI=1S/C25H27ClN6O4/c26-16-10-17-24(30-25(28-17)36-21-13-35-20-7-9-34-22(20)21)29-23(16)27-11-18-15-5-1-2-6-19(15)32(31-18)12-14-4-3-8-33-14/h1-2,5-6,10,14,20-22H,3-4,7-9,11-13H2,(H2,27,28,29,30)/t14?,20?,21-,22+/m1/s1. The summed E-state index contributed by atoms with van der Waals surface area (Å²) in [5.74, 6) is 0.545. The highest BCUT2D eigenvalue weighted by Gasteiger charge is 2.43. The van der Waals surface area contributed by atoms with E-state index in [2.05, 4.69) is 32.4 Å². The van der Waals surface area contributed by atoms with Crippen LogP contribution in [0.2, 0.25) is 5.02 Å². The number of hydrogen-bond acceptors (Lipinski definition) is 8. The Labute approximate surface area is 212 Å². The zero-order valence-corrected chi connectivity index (χ0v) is 20.4. The minimum absolute atomic E-state index is 0.0538. The van der Waals surface area contributed by atoms with Gasteiger partial charge in [-0.3, -0.25) is 4.68 Å². The van der Waals surface area contributed by atoms with Gasteiger partial charge in [0.1, 0.15) is 11.9 Å². The van der Waals surface area contributed by atoms with Crippen LogP contribution in [-0.2, 0) is 27.3 Å². The van der Waals surface area contributed by atoms with Gasteiger partial charge in [-0.2, -0.15) is 10.1 Å². The van der Waals surface area contributed by atoms with Gasteiger partial charge in [0.2, 0.25) is 0 Å². The van der Waals surface area contributed by atoms with Crippen LogP contribution < -0.4 is 10.1 Å². The maximum Gasteiger partial charge on any atom is 0.296 e. The molecule has 4 aromatic rings. The summed E-state index contributed by atoms with van der Waals surface area (Å²) in [7, 11) is 0. The molecule has 10 nitrogen and oxygen atoms in total. The predicted molar refractivity (Wildman–Crippen MR) is 133 cm³/mol. The molecule has 2 N–H and O–H groups in total. The molecule has 0 amide bonds. The van der Waals surface area contributed by atoms with Crippen LogP contribution in [0.1, 0.15) is 25.0 Å². The van der Waals surface area contributed by atoms with Gasteiger partial charge in [-0.05, 0) is 31.4 Å². The van der Waals surface area contributed by atoms with Gasteiger partial charge in [-0.25, -0.2) is 4.98 Å². The van der Waals surface area contributed by atoms with Crippen LogP contribution in [0.3, 0.4) is 0 Å².